The second-order valence-electron chi connectivity index (χ2n) is 4.69. The summed E-state index contributed by atoms with van der Waals surface area (Å²) in [6, 6.07) is 4.59. The average Bonchev–Trinajstić information content (AvgIpc) is 2.74. The number of hydrogen-bond acceptors (Lipinski definition) is 5. The van der Waals surface area contributed by atoms with E-state index in [1.54, 1.807) is 27.0 Å². The average molecular weight is 310 g/mol. The number of sulfonamides is 1. The van der Waals surface area contributed by atoms with Crippen LogP contribution in [0.25, 0.3) is 0 Å². The summed E-state index contributed by atoms with van der Waals surface area (Å²) in [5.74, 6) is -0.0443. The van der Waals surface area contributed by atoms with Gasteiger partial charge in [0.15, 0.2) is 5.82 Å². The van der Waals surface area contributed by atoms with Crippen LogP contribution in [-0.4, -0.2) is 29.8 Å². The van der Waals surface area contributed by atoms with Crippen molar-refractivity contribution in [3.05, 3.63) is 30.0 Å². The van der Waals surface area contributed by atoms with E-state index in [-0.39, 0.29) is 23.0 Å². The number of aryl methyl sites for hydroxylation is 2. The van der Waals surface area contributed by atoms with Crippen LogP contribution in [0.5, 0.6) is 5.75 Å². The number of nitrogens with zero attached hydrogens (tertiary/aromatic N) is 3. The number of phenolic OH excluding ortho intramolecular Hbond substituents is 1. The minimum atomic E-state index is -3.84. The maximum atomic E-state index is 12.8. The number of aromatic nitrogens is 2. The molecule has 0 unspecified atom stereocenters. The first-order valence-electron chi connectivity index (χ1n) is 6.38. The van der Waals surface area contributed by atoms with Crippen LogP contribution in [0, 0.1) is 6.92 Å². The van der Waals surface area contributed by atoms with Crippen LogP contribution in [0.4, 0.5) is 11.5 Å². The van der Waals surface area contributed by atoms with E-state index in [1.165, 1.54) is 27.3 Å². The lowest BCUT2D eigenvalue weighted by Gasteiger charge is -2.24. The lowest BCUT2D eigenvalue weighted by atomic mass is 10.2. The molecule has 21 heavy (non-hydrogen) atoms. The SMILES string of the molecule is CCN(c1cc(O)ccc1C)S(=O)(=O)c1cn(C)nc1N. The molecule has 0 bridgehead atoms. The van der Waals surface area contributed by atoms with Crippen molar-refractivity contribution in [2.24, 2.45) is 7.05 Å². The summed E-state index contributed by atoms with van der Waals surface area (Å²) in [7, 11) is -2.24. The Morgan fingerprint density at radius 1 is 1.43 bits per heavy atom. The van der Waals surface area contributed by atoms with Gasteiger partial charge in [-0.05, 0) is 25.5 Å². The molecule has 7 nitrogen and oxygen atoms in total. The first kappa shape index (κ1) is 15.2. The molecule has 0 aliphatic carbocycles. The van der Waals surface area contributed by atoms with Gasteiger partial charge in [-0.25, -0.2) is 8.42 Å². The number of aromatic hydroxyl groups is 1. The monoisotopic (exact) mass is 310 g/mol. The fraction of sp³-hybridized carbons (Fsp3) is 0.308. The van der Waals surface area contributed by atoms with Crippen LogP contribution >= 0.6 is 0 Å². The van der Waals surface area contributed by atoms with Crippen LogP contribution in [0.1, 0.15) is 12.5 Å². The molecule has 0 saturated heterocycles. The number of nitrogens with two attached hydrogens (primary N) is 1. The summed E-state index contributed by atoms with van der Waals surface area (Å²) in [6.07, 6.45) is 1.37. The third-order valence-corrected chi connectivity index (χ3v) is 5.04. The topological polar surface area (TPSA) is 101 Å². The van der Waals surface area contributed by atoms with Crippen molar-refractivity contribution in [3.63, 3.8) is 0 Å². The van der Waals surface area contributed by atoms with Crippen LogP contribution in [0.3, 0.4) is 0 Å². The van der Waals surface area contributed by atoms with Gasteiger partial charge in [-0.3, -0.25) is 8.99 Å². The van der Waals surface area contributed by atoms with E-state index in [0.717, 1.165) is 5.56 Å². The lowest BCUT2D eigenvalue weighted by Crippen LogP contribution is -2.31. The predicted octanol–water partition coefficient (Wildman–Crippen LogP) is 1.23. The summed E-state index contributed by atoms with van der Waals surface area (Å²) in [5, 5.41) is 13.5. The Hall–Kier alpha value is -2.22. The molecule has 0 radical (unpaired) electrons. The molecule has 2 aromatic rings. The number of anilines is 2. The molecule has 114 valence electrons. The Morgan fingerprint density at radius 2 is 2.10 bits per heavy atom. The first-order chi connectivity index (χ1) is 9.77. The summed E-state index contributed by atoms with van der Waals surface area (Å²) in [6.45, 7) is 3.70. The molecule has 1 aromatic carbocycles. The van der Waals surface area contributed by atoms with E-state index < -0.39 is 10.0 Å². The zero-order chi connectivity index (χ0) is 15.8. The van der Waals surface area contributed by atoms with E-state index in [4.69, 9.17) is 5.73 Å². The zero-order valence-corrected chi connectivity index (χ0v) is 12.9. The summed E-state index contributed by atoms with van der Waals surface area (Å²) in [4.78, 5) is -0.0467. The van der Waals surface area contributed by atoms with Crippen molar-refractivity contribution < 1.29 is 13.5 Å². The molecule has 0 aliphatic heterocycles. The fourth-order valence-electron chi connectivity index (χ4n) is 2.14. The molecular formula is C13H18N4O3S. The summed E-state index contributed by atoms with van der Waals surface area (Å²) in [5.41, 5.74) is 6.83. The van der Waals surface area contributed by atoms with Gasteiger partial charge in [-0.1, -0.05) is 6.07 Å². The molecule has 0 spiro atoms. The molecule has 0 fully saturated rings. The normalized spacial score (nSPS) is 11.6. The van der Waals surface area contributed by atoms with Crippen molar-refractivity contribution in [2.75, 3.05) is 16.6 Å². The first-order valence-corrected chi connectivity index (χ1v) is 7.83. The van der Waals surface area contributed by atoms with Crippen molar-refractivity contribution in [2.45, 2.75) is 18.7 Å². The van der Waals surface area contributed by atoms with Crippen molar-refractivity contribution >= 4 is 21.5 Å². The minimum absolute atomic E-state index is 0.00316. The standard InChI is InChI=1S/C13H18N4O3S/c1-4-17(11-7-10(18)6-5-9(11)2)21(19,20)12-8-16(3)15-13(12)14/h5-8,18H,4H2,1-3H3,(H2,14,15). The Kier molecular flexibility index (Phi) is 3.82. The number of rotatable bonds is 4. The van der Waals surface area contributed by atoms with Crippen LogP contribution in [0.2, 0.25) is 0 Å². The number of phenols is 1. The highest BCUT2D eigenvalue weighted by Gasteiger charge is 2.29. The van der Waals surface area contributed by atoms with Gasteiger partial charge in [-0.15, -0.1) is 0 Å². The molecule has 1 aromatic heterocycles. The summed E-state index contributed by atoms with van der Waals surface area (Å²) < 4.78 is 28.1. The predicted molar refractivity (Wildman–Crippen MR) is 80.7 cm³/mol. The van der Waals surface area contributed by atoms with Crippen LogP contribution in [0.15, 0.2) is 29.3 Å². The van der Waals surface area contributed by atoms with E-state index in [0.29, 0.717) is 5.69 Å². The van der Waals surface area contributed by atoms with E-state index in [1.807, 2.05) is 0 Å². The quantitative estimate of drug-likeness (QED) is 0.884. The van der Waals surface area contributed by atoms with Crippen LogP contribution in [-0.2, 0) is 17.1 Å². The summed E-state index contributed by atoms with van der Waals surface area (Å²) >= 11 is 0. The molecule has 8 heteroatoms. The second-order valence-corrected chi connectivity index (χ2v) is 6.52. The molecule has 1 heterocycles. The lowest BCUT2D eigenvalue weighted by molar-refractivity contribution is 0.475. The van der Waals surface area contributed by atoms with Gasteiger partial charge < -0.3 is 10.8 Å². The number of benzene rings is 1. The van der Waals surface area contributed by atoms with Gasteiger partial charge in [0.05, 0.1) is 5.69 Å². The van der Waals surface area contributed by atoms with Crippen molar-refractivity contribution in [1.29, 1.82) is 0 Å². The largest absolute Gasteiger partial charge is 0.508 e. The van der Waals surface area contributed by atoms with Gasteiger partial charge in [-0.2, -0.15) is 5.10 Å². The van der Waals surface area contributed by atoms with Gasteiger partial charge in [0.2, 0.25) is 0 Å². The van der Waals surface area contributed by atoms with Gasteiger partial charge in [0.25, 0.3) is 10.0 Å². The van der Waals surface area contributed by atoms with Gasteiger partial charge >= 0.3 is 0 Å². The van der Waals surface area contributed by atoms with Crippen molar-refractivity contribution in [1.82, 2.24) is 9.78 Å². The maximum Gasteiger partial charge on any atom is 0.269 e. The highest BCUT2D eigenvalue weighted by Crippen LogP contribution is 2.31. The number of nitrogen functional groups attached to an aromatic ring is 1. The molecule has 0 saturated carbocycles. The second kappa shape index (κ2) is 5.28. The van der Waals surface area contributed by atoms with Gasteiger partial charge in [0.1, 0.15) is 10.6 Å². The van der Waals surface area contributed by atoms with Gasteiger partial charge in [0, 0.05) is 25.9 Å². The zero-order valence-electron chi connectivity index (χ0n) is 12.1. The Balaban J connectivity index is 2.60. The molecule has 0 aliphatic rings. The molecule has 0 amide bonds. The fourth-order valence-corrected chi connectivity index (χ4v) is 3.76. The van der Waals surface area contributed by atoms with E-state index in [2.05, 4.69) is 5.10 Å². The van der Waals surface area contributed by atoms with Crippen LogP contribution < -0.4 is 10.0 Å². The third kappa shape index (κ3) is 2.66. The Morgan fingerprint density at radius 3 is 2.62 bits per heavy atom. The third-order valence-electron chi connectivity index (χ3n) is 3.14. The Labute approximate surface area is 123 Å². The molecule has 0 atom stereocenters. The highest BCUT2D eigenvalue weighted by molar-refractivity contribution is 7.93. The van der Waals surface area contributed by atoms with E-state index in [9.17, 15) is 13.5 Å². The highest BCUT2D eigenvalue weighted by atomic mass is 32.2. The molecule has 3 N–H and O–H groups in total. The van der Waals surface area contributed by atoms with Crippen molar-refractivity contribution in [3.8, 4) is 5.75 Å². The smallest absolute Gasteiger partial charge is 0.269 e. The Bertz CT molecular complexity index is 768. The molecule has 2 rings (SSSR count). The number of hydrogen-bond donors (Lipinski definition) is 2. The molecular weight excluding hydrogens is 292 g/mol. The van der Waals surface area contributed by atoms with E-state index >= 15 is 0 Å². The minimum Gasteiger partial charge on any atom is -0.508 e. The maximum absolute atomic E-state index is 12.8.